The van der Waals surface area contributed by atoms with Gasteiger partial charge in [0.2, 0.25) is 0 Å². The lowest BCUT2D eigenvalue weighted by molar-refractivity contribution is 0.153. The van der Waals surface area contributed by atoms with E-state index in [9.17, 15) is 5.11 Å². The third-order valence-electron chi connectivity index (χ3n) is 3.17. The summed E-state index contributed by atoms with van der Waals surface area (Å²) in [5.41, 5.74) is 2.24. The highest BCUT2D eigenvalue weighted by Crippen LogP contribution is 2.26. The van der Waals surface area contributed by atoms with Gasteiger partial charge in [0.25, 0.3) is 0 Å². The first-order valence-corrected chi connectivity index (χ1v) is 6.38. The Kier molecular flexibility index (Phi) is 5.17. The van der Waals surface area contributed by atoms with Gasteiger partial charge in [-0.2, -0.15) is 0 Å². The Bertz CT molecular complexity index is 388. The van der Waals surface area contributed by atoms with E-state index in [1.165, 1.54) is 5.56 Å². The first kappa shape index (κ1) is 15.0. The number of hydrogen-bond donors (Lipinski definition) is 2. The topological polar surface area (TPSA) is 41.5 Å². The number of nitrogens with one attached hydrogen (secondary N) is 1. The molecular weight excluding hydrogens is 226 g/mol. The van der Waals surface area contributed by atoms with Crippen molar-refractivity contribution in [3.8, 4) is 5.75 Å². The summed E-state index contributed by atoms with van der Waals surface area (Å²) in [5.74, 6) is 0.914. The molecule has 0 aliphatic rings. The molecule has 1 atom stereocenters. The highest BCUT2D eigenvalue weighted by Gasteiger charge is 2.19. The SMILES string of the molecule is COc1cc(C)ccc1C(C)NCC(C)(C)CO. The Morgan fingerprint density at radius 2 is 2.06 bits per heavy atom. The normalized spacial score (nSPS) is 13.4. The molecule has 0 amide bonds. The van der Waals surface area contributed by atoms with Crippen LogP contribution in [0.3, 0.4) is 0 Å². The molecule has 3 heteroatoms. The van der Waals surface area contributed by atoms with E-state index in [4.69, 9.17) is 4.74 Å². The second kappa shape index (κ2) is 6.21. The summed E-state index contributed by atoms with van der Waals surface area (Å²) >= 11 is 0. The quantitative estimate of drug-likeness (QED) is 0.816. The van der Waals surface area contributed by atoms with Gasteiger partial charge < -0.3 is 15.2 Å². The van der Waals surface area contributed by atoms with E-state index in [1.54, 1.807) is 7.11 Å². The van der Waals surface area contributed by atoms with Crippen molar-refractivity contribution in [2.75, 3.05) is 20.3 Å². The molecule has 18 heavy (non-hydrogen) atoms. The monoisotopic (exact) mass is 251 g/mol. The van der Waals surface area contributed by atoms with Crippen molar-refractivity contribution in [3.05, 3.63) is 29.3 Å². The van der Waals surface area contributed by atoms with Crippen LogP contribution in [0, 0.1) is 12.3 Å². The molecule has 0 aliphatic carbocycles. The maximum absolute atomic E-state index is 9.25. The van der Waals surface area contributed by atoms with Crippen molar-refractivity contribution in [1.82, 2.24) is 5.32 Å². The first-order chi connectivity index (χ1) is 8.39. The van der Waals surface area contributed by atoms with E-state index >= 15 is 0 Å². The van der Waals surface area contributed by atoms with Gasteiger partial charge >= 0.3 is 0 Å². The van der Waals surface area contributed by atoms with E-state index in [2.05, 4.69) is 31.3 Å². The molecule has 0 aliphatic heterocycles. The van der Waals surface area contributed by atoms with Crippen molar-refractivity contribution in [2.24, 2.45) is 5.41 Å². The number of aliphatic hydroxyl groups is 1. The first-order valence-electron chi connectivity index (χ1n) is 6.38. The molecule has 0 radical (unpaired) electrons. The molecule has 0 fully saturated rings. The summed E-state index contributed by atoms with van der Waals surface area (Å²) in [7, 11) is 1.70. The van der Waals surface area contributed by atoms with Crippen LogP contribution >= 0.6 is 0 Å². The Labute approximate surface area is 110 Å². The number of benzene rings is 1. The Hall–Kier alpha value is -1.06. The molecule has 1 rings (SSSR count). The molecule has 1 unspecified atom stereocenters. The Balaban J connectivity index is 2.75. The van der Waals surface area contributed by atoms with E-state index in [-0.39, 0.29) is 18.1 Å². The molecule has 0 bridgehead atoms. The number of aliphatic hydroxyl groups excluding tert-OH is 1. The van der Waals surface area contributed by atoms with Crippen LogP contribution < -0.4 is 10.1 Å². The van der Waals surface area contributed by atoms with Gasteiger partial charge in [0.1, 0.15) is 5.75 Å². The highest BCUT2D eigenvalue weighted by molar-refractivity contribution is 5.39. The molecule has 102 valence electrons. The third kappa shape index (κ3) is 4.00. The number of methoxy groups -OCH3 is 1. The van der Waals surface area contributed by atoms with E-state index in [0.29, 0.717) is 0 Å². The summed E-state index contributed by atoms with van der Waals surface area (Å²) in [4.78, 5) is 0. The van der Waals surface area contributed by atoms with Crippen molar-refractivity contribution in [2.45, 2.75) is 33.7 Å². The number of ether oxygens (including phenoxy) is 1. The molecule has 0 saturated heterocycles. The van der Waals surface area contributed by atoms with Gasteiger partial charge in [0.15, 0.2) is 0 Å². The standard InChI is InChI=1S/C15H25NO2/c1-11-6-7-13(14(8-11)18-5)12(2)16-9-15(3,4)10-17/h6-8,12,16-17H,9-10H2,1-5H3. The van der Waals surface area contributed by atoms with E-state index in [0.717, 1.165) is 17.9 Å². The van der Waals surface area contributed by atoms with Gasteiger partial charge in [-0.3, -0.25) is 0 Å². The van der Waals surface area contributed by atoms with Gasteiger partial charge in [-0.15, -0.1) is 0 Å². The summed E-state index contributed by atoms with van der Waals surface area (Å²) in [6.45, 7) is 9.19. The minimum Gasteiger partial charge on any atom is -0.496 e. The Morgan fingerprint density at radius 1 is 1.39 bits per heavy atom. The lowest BCUT2D eigenvalue weighted by Gasteiger charge is -2.25. The molecular formula is C15H25NO2. The predicted molar refractivity (Wildman–Crippen MR) is 75.0 cm³/mol. The zero-order valence-electron chi connectivity index (χ0n) is 12.1. The average molecular weight is 251 g/mol. The van der Waals surface area contributed by atoms with Crippen LogP contribution in [0.25, 0.3) is 0 Å². The smallest absolute Gasteiger partial charge is 0.123 e. The van der Waals surface area contributed by atoms with Crippen LogP contribution in [-0.2, 0) is 0 Å². The van der Waals surface area contributed by atoms with E-state index in [1.807, 2.05) is 19.9 Å². The summed E-state index contributed by atoms with van der Waals surface area (Å²) in [5, 5.41) is 12.7. The average Bonchev–Trinajstić information content (AvgIpc) is 2.36. The second-order valence-corrected chi connectivity index (χ2v) is 5.67. The fourth-order valence-corrected chi connectivity index (χ4v) is 1.77. The second-order valence-electron chi connectivity index (χ2n) is 5.67. The minimum atomic E-state index is -0.105. The van der Waals surface area contributed by atoms with Crippen LogP contribution in [0.2, 0.25) is 0 Å². The third-order valence-corrected chi connectivity index (χ3v) is 3.17. The summed E-state index contributed by atoms with van der Waals surface area (Å²) in [6.07, 6.45) is 0. The zero-order chi connectivity index (χ0) is 13.8. The fraction of sp³-hybridized carbons (Fsp3) is 0.600. The molecule has 0 saturated carbocycles. The number of aryl methyl sites for hydroxylation is 1. The van der Waals surface area contributed by atoms with Crippen molar-refractivity contribution >= 4 is 0 Å². The summed E-state index contributed by atoms with van der Waals surface area (Å²) in [6, 6.07) is 6.43. The van der Waals surface area contributed by atoms with Crippen LogP contribution in [0.4, 0.5) is 0 Å². The molecule has 2 N–H and O–H groups in total. The lowest BCUT2D eigenvalue weighted by atomic mass is 9.94. The zero-order valence-corrected chi connectivity index (χ0v) is 12.1. The predicted octanol–water partition coefficient (Wildman–Crippen LogP) is 2.67. The molecule has 0 spiro atoms. The van der Waals surface area contributed by atoms with Gasteiger partial charge in [-0.25, -0.2) is 0 Å². The minimum absolute atomic E-state index is 0.105. The number of hydrogen-bond acceptors (Lipinski definition) is 3. The van der Waals surface area contributed by atoms with Crippen LogP contribution in [0.1, 0.15) is 37.9 Å². The van der Waals surface area contributed by atoms with Gasteiger partial charge in [-0.05, 0) is 25.5 Å². The van der Waals surface area contributed by atoms with Gasteiger partial charge in [-0.1, -0.05) is 26.0 Å². The largest absolute Gasteiger partial charge is 0.496 e. The van der Waals surface area contributed by atoms with Crippen molar-refractivity contribution in [1.29, 1.82) is 0 Å². The van der Waals surface area contributed by atoms with Gasteiger partial charge in [0.05, 0.1) is 7.11 Å². The molecule has 1 aromatic carbocycles. The molecule has 3 nitrogen and oxygen atoms in total. The fourth-order valence-electron chi connectivity index (χ4n) is 1.77. The van der Waals surface area contributed by atoms with Crippen molar-refractivity contribution in [3.63, 3.8) is 0 Å². The maximum atomic E-state index is 9.25. The number of rotatable bonds is 6. The molecule has 0 aromatic heterocycles. The van der Waals surface area contributed by atoms with Crippen LogP contribution in [-0.4, -0.2) is 25.4 Å². The van der Waals surface area contributed by atoms with Crippen LogP contribution in [0.5, 0.6) is 5.75 Å². The molecule has 0 heterocycles. The molecule has 1 aromatic rings. The van der Waals surface area contributed by atoms with Gasteiger partial charge in [0, 0.05) is 30.2 Å². The summed E-state index contributed by atoms with van der Waals surface area (Å²) < 4.78 is 5.42. The maximum Gasteiger partial charge on any atom is 0.123 e. The van der Waals surface area contributed by atoms with E-state index < -0.39 is 0 Å². The Morgan fingerprint density at radius 3 is 2.61 bits per heavy atom. The highest BCUT2D eigenvalue weighted by atomic mass is 16.5. The van der Waals surface area contributed by atoms with Crippen LogP contribution in [0.15, 0.2) is 18.2 Å². The lowest BCUT2D eigenvalue weighted by Crippen LogP contribution is -2.33. The van der Waals surface area contributed by atoms with Crippen molar-refractivity contribution < 1.29 is 9.84 Å².